The fourth-order valence-corrected chi connectivity index (χ4v) is 2.09. The van der Waals surface area contributed by atoms with Crippen LogP contribution in [0, 0.1) is 10.1 Å². The Kier molecular flexibility index (Phi) is 5.01. The second-order valence-corrected chi connectivity index (χ2v) is 5.10. The van der Waals surface area contributed by atoms with Gasteiger partial charge in [0, 0.05) is 24.2 Å². The van der Waals surface area contributed by atoms with Crippen molar-refractivity contribution in [2.75, 3.05) is 0 Å². The number of nitrogens with zero attached hydrogens (tertiary/aromatic N) is 1. The predicted molar refractivity (Wildman–Crippen MR) is 81.8 cm³/mol. The first-order valence-electron chi connectivity index (χ1n) is 6.05. The van der Waals surface area contributed by atoms with E-state index in [4.69, 9.17) is 33.7 Å². The third-order valence-corrected chi connectivity index (χ3v) is 3.59. The van der Waals surface area contributed by atoms with Gasteiger partial charge in [-0.05, 0) is 23.8 Å². The molecule has 0 aliphatic heterocycles. The van der Waals surface area contributed by atoms with Crippen molar-refractivity contribution < 1.29 is 9.66 Å². The molecule has 0 saturated carbocycles. The summed E-state index contributed by atoms with van der Waals surface area (Å²) in [5.41, 5.74) is 6.99. The average molecular weight is 327 g/mol. The Hall–Kier alpha value is -1.82. The van der Waals surface area contributed by atoms with Gasteiger partial charge in [0.15, 0.2) is 0 Å². The second kappa shape index (κ2) is 6.76. The lowest BCUT2D eigenvalue weighted by Gasteiger charge is -2.10. The van der Waals surface area contributed by atoms with Crippen LogP contribution in [0.4, 0.5) is 5.69 Å². The number of nitrogens with two attached hydrogens (primary N) is 1. The lowest BCUT2D eigenvalue weighted by atomic mass is 10.1. The molecule has 5 nitrogen and oxygen atoms in total. The molecule has 0 unspecified atom stereocenters. The molecule has 0 aliphatic carbocycles. The van der Waals surface area contributed by atoms with E-state index in [1.807, 2.05) is 0 Å². The summed E-state index contributed by atoms with van der Waals surface area (Å²) in [7, 11) is 0. The van der Waals surface area contributed by atoms with E-state index in [0.717, 1.165) is 5.56 Å². The molecule has 2 N–H and O–H groups in total. The molecule has 110 valence electrons. The number of non-ortho nitro benzene ring substituents is 1. The Labute approximate surface area is 131 Å². The van der Waals surface area contributed by atoms with Crippen molar-refractivity contribution in [1.29, 1.82) is 0 Å². The van der Waals surface area contributed by atoms with Gasteiger partial charge in [-0.2, -0.15) is 0 Å². The number of benzene rings is 2. The van der Waals surface area contributed by atoms with Crippen molar-refractivity contribution in [1.82, 2.24) is 0 Å². The van der Waals surface area contributed by atoms with Crippen LogP contribution in [-0.4, -0.2) is 4.92 Å². The molecule has 0 fully saturated rings. The van der Waals surface area contributed by atoms with E-state index in [2.05, 4.69) is 0 Å². The molecule has 2 aromatic carbocycles. The minimum atomic E-state index is -0.470. The summed E-state index contributed by atoms with van der Waals surface area (Å²) in [6.45, 7) is 0.417. The fraction of sp³-hybridized carbons (Fsp3) is 0.143. The maximum absolute atomic E-state index is 10.7. The highest BCUT2D eigenvalue weighted by Crippen LogP contribution is 2.26. The van der Waals surface area contributed by atoms with E-state index in [-0.39, 0.29) is 18.8 Å². The molecule has 2 rings (SSSR count). The van der Waals surface area contributed by atoms with Gasteiger partial charge >= 0.3 is 0 Å². The second-order valence-electron chi connectivity index (χ2n) is 4.29. The smallest absolute Gasteiger partial charge is 0.270 e. The van der Waals surface area contributed by atoms with Gasteiger partial charge in [0.1, 0.15) is 12.4 Å². The number of nitro groups is 1. The molecule has 21 heavy (non-hydrogen) atoms. The Morgan fingerprint density at radius 2 is 1.90 bits per heavy atom. The van der Waals surface area contributed by atoms with Crippen LogP contribution >= 0.6 is 23.2 Å². The zero-order valence-electron chi connectivity index (χ0n) is 10.9. The molecule has 0 heterocycles. The van der Waals surface area contributed by atoms with Crippen LogP contribution in [0.1, 0.15) is 11.1 Å². The minimum absolute atomic E-state index is 0.0164. The lowest BCUT2D eigenvalue weighted by Crippen LogP contribution is -2.03. The number of ether oxygens (including phenoxy) is 1. The molecule has 0 amide bonds. The van der Waals surface area contributed by atoms with Gasteiger partial charge in [0.05, 0.1) is 15.0 Å². The summed E-state index contributed by atoms with van der Waals surface area (Å²) in [5, 5.41) is 11.6. The van der Waals surface area contributed by atoms with Crippen molar-refractivity contribution in [3.8, 4) is 5.75 Å². The first-order chi connectivity index (χ1) is 10.0. The van der Waals surface area contributed by atoms with E-state index in [9.17, 15) is 10.1 Å². The molecule has 0 aliphatic rings. The quantitative estimate of drug-likeness (QED) is 0.666. The van der Waals surface area contributed by atoms with Gasteiger partial charge in [-0.25, -0.2) is 0 Å². The normalized spacial score (nSPS) is 10.4. The van der Waals surface area contributed by atoms with Crippen LogP contribution in [0.25, 0.3) is 0 Å². The Morgan fingerprint density at radius 3 is 2.52 bits per heavy atom. The molecule has 7 heteroatoms. The van der Waals surface area contributed by atoms with E-state index in [0.29, 0.717) is 21.4 Å². The van der Waals surface area contributed by atoms with Crippen LogP contribution in [0.15, 0.2) is 36.4 Å². The minimum Gasteiger partial charge on any atom is -0.489 e. The van der Waals surface area contributed by atoms with E-state index >= 15 is 0 Å². The number of nitro benzene ring substituents is 1. The predicted octanol–water partition coefficient (Wildman–Crippen LogP) is 3.94. The fourth-order valence-electron chi connectivity index (χ4n) is 1.77. The zero-order chi connectivity index (χ0) is 15.4. The summed E-state index contributed by atoms with van der Waals surface area (Å²) in [5.74, 6) is 0.508. The molecule has 0 aromatic heterocycles. The highest BCUT2D eigenvalue weighted by atomic mass is 35.5. The molecule has 0 saturated heterocycles. The van der Waals surface area contributed by atoms with Gasteiger partial charge < -0.3 is 10.5 Å². The molecular weight excluding hydrogens is 315 g/mol. The van der Waals surface area contributed by atoms with Gasteiger partial charge in [0.25, 0.3) is 5.69 Å². The monoisotopic (exact) mass is 326 g/mol. The van der Waals surface area contributed by atoms with Crippen molar-refractivity contribution in [2.24, 2.45) is 5.73 Å². The largest absolute Gasteiger partial charge is 0.489 e. The highest BCUT2D eigenvalue weighted by molar-refractivity contribution is 6.42. The number of hydrogen-bond donors (Lipinski definition) is 1. The first kappa shape index (κ1) is 15.6. The maximum Gasteiger partial charge on any atom is 0.270 e. The van der Waals surface area contributed by atoms with Crippen LogP contribution in [0.2, 0.25) is 10.0 Å². The molecule has 0 bridgehead atoms. The van der Waals surface area contributed by atoms with Crippen LogP contribution in [-0.2, 0) is 13.2 Å². The Balaban J connectivity index is 2.15. The summed E-state index contributed by atoms with van der Waals surface area (Å²) in [6, 6.07) is 9.51. The summed E-state index contributed by atoms with van der Waals surface area (Å²) in [4.78, 5) is 10.3. The Morgan fingerprint density at radius 1 is 1.14 bits per heavy atom. The van der Waals surface area contributed by atoms with Crippen molar-refractivity contribution in [3.05, 3.63) is 67.7 Å². The van der Waals surface area contributed by atoms with Crippen molar-refractivity contribution in [2.45, 2.75) is 13.2 Å². The number of hydrogen-bond acceptors (Lipinski definition) is 4. The highest BCUT2D eigenvalue weighted by Gasteiger charge is 2.11. The van der Waals surface area contributed by atoms with E-state index in [1.165, 1.54) is 18.2 Å². The van der Waals surface area contributed by atoms with Gasteiger partial charge in [-0.3, -0.25) is 10.1 Å². The molecule has 2 aromatic rings. The van der Waals surface area contributed by atoms with Crippen LogP contribution in [0.5, 0.6) is 5.75 Å². The standard InChI is InChI=1S/C14H12Cl2N2O3/c15-12-3-1-9(5-13(12)16)8-21-14-4-2-11(18(19)20)6-10(14)7-17/h1-6H,7-8,17H2. The van der Waals surface area contributed by atoms with Gasteiger partial charge in [0.2, 0.25) is 0 Å². The van der Waals surface area contributed by atoms with E-state index < -0.39 is 4.92 Å². The van der Waals surface area contributed by atoms with Gasteiger partial charge in [-0.15, -0.1) is 0 Å². The van der Waals surface area contributed by atoms with Gasteiger partial charge in [-0.1, -0.05) is 29.3 Å². The van der Waals surface area contributed by atoms with Crippen molar-refractivity contribution in [3.63, 3.8) is 0 Å². The van der Waals surface area contributed by atoms with Crippen molar-refractivity contribution >= 4 is 28.9 Å². The SMILES string of the molecule is NCc1cc([N+](=O)[O-])ccc1OCc1ccc(Cl)c(Cl)c1. The molecule has 0 spiro atoms. The number of rotatable bonds is 5. The van der Waals surface area contributed by atoms with Crippen LogP contribution < -0.4 is 10.5 Å². The summed E-state index contributed by atoms with van der Waals surface area (Å²) >= 11 is 11.8. The third kappa shape index (κ3) is 3.85. The maximum atomic E-state index is 10.7. The third-order valence-electron chi connectivity index (χ3n) is 2.85. The molecule has 0 atom stereocenters. The topological polar surface area (TPSA) is 78.4 Å². The van der Waals surface area contributed by atoms with Crippen LogP contribution in [0.3, 0.4) is 0 Å². The summed E-state index contributed by atoms with van der Waals surface area (Å²) < 4.78 is 5.64. The molecule has 0 radical (unpaired) electrons. The average Bonchev–Trinajstić information content (AvgIpc) is 2.48. The summed E-state index contributed by atoms with van der Waals surface area (Å²) in [6.07, 6.45) is 0. The lowest BCUT2D eigenvalue weighted by molar-refractivity contribution is -0.384. The number of halogens is 2. The van der Waals surface area contributed by atoms with E-state index in [1.54, 1.807) is 18.2 Å². The Bertz CT molecular complexity index is 677. The molecular formula is C14H12Cl2N2O3. The zero-order valence-corrected chi connectivity index (χ0v) is 12.4. The first-order valence-corrected chi connectivity index (χ1v) is 6.81.